The van der Waals surface area contributed by atoms with Crippen LogP contribution in [0.4, 0.5) is 0 Å². The van der Waals surface area contributed by atoms with Gasteiger partial charge in [0, 0.05) is 25.2 Å². The topological polar surface area (TPSA) is 24.5 Å². The lowest BCUT2D eigenvalue weighted by Gasteiger charge is -2.41. The Labute approximate surface area is 131 Å². The number of rotatable bonds is 7. The fourth-order valence-corrected chi connectivity index (χ4v) is 4.09. The van der Waals surface area contributed by atoms with Crippen molar-refractivity contribution in [3.63, 3.8) is 0 Å². The number of nitrogens with zero attached hydrogens (tertiary/aromatic N) is 1. The van der Waals surface area contributed by atoms with Gasteiger partial charge in [-0.3, -0.25) is 0 Å². The molecule has 124 valence electrons. The van der Waals surface area contributed by atoms with Crippen LogP contribution in [0, 0.1) is 17.8 Å². The third kappa shape index (κ3) is 4.94. The van der Waals surface area contributed by atoms with Gasteiger partial charge < -0.3 is 15.0 Å². The summed E-state index contributed by atoms with van der Waals surface area (Å²) in [5, 5.41) is 3.82. The van der Waals surface area contributed by atoms with Crippen molar-refractivity contribution in [3.05, 3.63) is 0 Å². The molecule has 0 aromatic carbocycles. The van der Waals surface area contributed by atoms with E-state index < -0.39 is 0 Å². The molecular formula is C18H36N2O. The van der Waals surface area contributed by atoms with E-state index in [1.54, 1.807) is 0 Å². The number of likely N-dealkylation sites (N-methyl/N-ethyl adjacent to an activating group) is 1. The van der Waals surface area contributed by atoms with Crippen LogP contribution in [0.25, 0.3) is 0 Å². The first kappa shape index (κ1) is 17.2. The zero-order chi connectivity index (χ0) is 15.2. The minimum Gasteiger partial charge on any atom is -0.380 e. The number of nitrogens with one attached hydrogen (secondary N) is 1. The van der Waals surface area contributed by atoms with E-state index in [1.807, 2.05) is 0 Å². The molecule has 1 N–H and O–H groups in total. The Balaban J connectivity index is 1.91. The smallest absolute Gasteiger partial charge is 0.0622 e. The number of hydrogen-bond donors (Lipinski definition) is 1. The summed E-state index contributed by atoms with van der Waals surface area (Å²) in [5.74, 6) is 2.56. The van der Waals surface area contributed by atoms with E-state index in [-0.39, 0.29) is 0 Å². The van der Waals surface area contributed by atoms with Gasteiger partial charge in [-0.1, -0.05) is 20.8 Å². The number of hydrogen-bond acceptors (Lipinski definition) is 3. The molecule has 1 saturated carbocycles. The molecule has 3 heteroatoms. The highest BCUT2D eigenvalue weighted by Gasteiger charge is 2.33. The van der Waals surface area contributed by atoms with Crippen molar-refractivity contribution >= 4 is 0 Å². The highest BCUT2D eigenvalue weighted by molar-refractivity contribution is 4.88. The molecule has 4 atom stereocenters. The quantitative estimate of drug-likeness (QED) is 0.781. The van der Waals surface area contributed by atoms with Crippen molar-refractivity contribution in [1.82, 2.24) is 10.2 Å². The third-order valence-corrected chi connectivity index (χ3v) is 5.67. The highest BCUT2D eigenvalue weighted by atomic mass is 16.5. The van der Waals surface area contributed by atoms with Crippen LogP contribution >= 0.6 is 0 Å². The SMILES string of the molecule is CCCNC1CCC(C(C)C)CC1CN(C)C1CCOC1. The van der Waals surface area contributed by atoms with E-state index in [2.05, 4.69) is 38.0 Å². The fourth-order valence-electron chi connectivity index (χ4n) is 4.09. The molecule has 1 aliphatic heterocycles. The van der Waals surface area contributed by atoms with Gasteiger partial charge in [0.05, 0.1) is 6.61 Å². The molecule has 0 radical (unpaired) electrons. The fraction of sp³-hybridized carbons (Fsp3) is 1.00. The van der Waals surface area contributed by atoms with Crippen molar-refractivity contribution in [2.24, 2.45) is 17.8 Å². The molecule has 21 heavy (non-hydrogen) atoms. The van der Waals surface area contributed by atoms with Gasteiger partial charge in [-0.2, -0.15) is 0 Å². The summed E-state index contributed by atoms with van der Waals surface area (Å²) >= 11 is 0. The summed E-state index contributed by atoms with van der Waals surface area (Å²) in [6.07, 6.45) is 6.62. The van der Waals surface area contributed by atoms with Crippen LogP contribution in [0.1, 0.15) is 52.9 Å². The highest BCUT2D eigenvalue weighted by Crippen LogP contribution is 2.34. The first-order valence-electron chi connectivity index (χ1n) is 9.13. The van der Waals surface area contributed by atoms with E-state index in [4.69, 9.17) is 4.74 Å². The molecule has 0 amide bonds. The maximum atomic E-state index is 5.56. The Kier molecular flexibility index (Phi) is 6.97. The predicted octanol–water partition coefficient (Wildman–Crippen LogP) is 3.15. The molecule has 1 heterocycles. The molecule has 0 aromatic heterocycles. The van der Waals surface area contributed by atoms with Crippen molar-refractivity contribution in [1.29, 1.82) is 0 Å². The van der Waals surface area contributed by atoms with E-state index in [9.17, 15) is 0 Å². The average Bonchev–Trinajstić information content (AvgIpc) is 3.00. The van der Waals surface area contributed by atoms with Crippen molar-refractivity contribution in [3.8, 4) is 0 Å². The molecule has 2 aliphatic rings. The van der Waals surface area contributed by atoms with Crippen LogP contribution in [0.2, 0.25) is 0 Å². The van der Waals surface area contributed by atoms with E-state index in [0.29, 0.717) is 6.04 Å². The van der Waals surface area contributed by atoms with Crippen molar-refractivity contribution < 1.29 is 4.74 Å². The van der Waals surface area contributed by atoms with Gasteiger partial charge in [0.2, 0.25) is 0 Å². The predicted molar refractivity (Wildman–Crippen MR) is 89.6 cm³/mol. The third-order valence-electron chi connectivity index (χ3n) is 5.67. The first-order chi connectivity index (χ1) is 10.1. The van der Waals surface area contributed by atoms with Gasteiger partial charge in [0.1, 0.15) is 0 Å². The second kappa shape index (κ2) is 8.50. The summed E-state index contributed by atoms with van der Waals surface area (Å²) < 4.78 is 5.56. The van der Waals surface area contributed by atoms with Crippen LogP contribution in [-0.2, 0) is 4.74 Å². The van der Waals surface area contributed by atoms with Gasteiger partial charge in [-0.05, 0) is 63.5 Å². The molecule has 0 aromatic rings. The van der Waals surface area contributed by atoms with Gasteiger partial charge >= 0.3 is 0 Å². The second-order valence-electron chi connectivity index (χ2n) is 7.59. The van der Waals surface area contributed by atoms with Crippen LogP contribution in [0.15, 0.2) is 0 Å². The monoisotopic (exact) mass is 296 g/mol. The lowest BCUT2D eigenvalue weighted by Crippen LogP contribution is -2.48. The Morgan fingerprint density at radius 3 is 2.67 bits per heavy atom. The Hall–Kier alpha value is -0.120. The molecule has 0 spiro atoms. The summed E-state index contributed by atoms with van der Waals surface area (Å²) in [4.78, 5) is 2.57. The van der Waals surface area contributed by atoms with Gasteiger partial charge in [-0.25, -0.2) is 0 Å². The lowest BCUT2D eigenvalue weighted by atomic mass is 9.73. The summed E-state index contributed by atoms with van der Waals surface area (Å²) in [7, 11) is 2.30. The Morgan fingerprint density at radius 2 is 2.05 bits per heavy atom. The van der Waals surface area contributed by atoms with Gasteiger partial charge in [-0.15, -0.1) is 0 Å². The molecule has 3 nitrogen and oxygen atoms in total. The van der Waals surface area contributed by atoms with E-state index in [1.165, 1.54) is 45.2 Å². The van der Waals surface area contributed by atoms with Crippen molar-refractivity contribution in [2.45, 2.75) is 65.0 Å². The van der Waals surface area contributed by atoms with Crippen LogP contribution < -0.4 is 5.32 Å². The minimum absolute atomic E-state index is 0.649. The molecule has 2 rings (SSSR count). The maximum absolute atomic E-state index is 5.56. The largest absolute Gasteiger partial charge is 0.380 e. The standard InChI is InChI=1S/C18H36N2O/c1-5-9-19-18-7-6-15(14(2)3)11-16(18)12-20(4)17-8-10-21-13-17/h14-19H,5-13H2,1-4H3. The van der Waals surface area contributed by atoms with Gasteiger partial charge in [0.15, 0.2) is 0 Å². The molecule has 4 unspecified atom stereocenters. The zero-order valence-electron chi connectivity index (χ0n) is 14.6. The molecule has 0 bridgehead atoms. The summed E-state index contributed by atoms with van der Waals surface area (Å²) in [6, 6.07) is 1.38. The first-order valence-corrected chi connectivity index (χ1v) is 9.13. The molecule has 1 aliphatic carbocycles. The van der Waals surface area contributed by atoms with Crippen LogP contribution in [0.3, 0.4) is 0 Å². The Bertz CT molecular complexity index is 289. The normalized spacial score (nSPS) is 34.0. The number of ether oxygens (including phenoxy) is 1. The summed E-state index contributed by atoms with van der Waals surface area (Å²) in [5.41, 5.74) is 0. The maximum Gasteiger partial charge on any atom is 0.0622 e. The average molecular weight is 296 g/mol. The molecular weight excluding hydrogens is 260 g/mol. The van der Waals surface area contributed by atoms with E-state index in [0.717, 1.165) is 37.0 Å². The lowest BCUT2D eigenvalue weighted by molar-refractivity contribution is 0.104. The van der Waals surface area contributed by atoms with Crippen LogP contribution in [-0.4, -0.2) is 50.3 Å². The minimum atomic E-state index is 0.649. The van der Waals surface area contributed by atoms with Gasteiger partial charge in [0.25, 0.3) is 0 Å². The molecule has 2 fully saturated rings. The Morgan fingerprint density at radius 1 is 1.24 bits per heavy atom. The molecule has 1 saturated heterocycles. The second-order valence-corrected chi connectivity index (χ2v) is 7.59. The summed E-state index contributed by atoms with van der Waals surface area (Å²) in [6.45, 7) is 11.4. The van der Waals surface area contributed by atoms with Crippen molar-refractivity contribution in [2.75, 3.05) is 33.4 Å². The van der Waals surface area contributed by atoms with E-state index >= 15 is 0 Å². The zero-order valence-corrected chi connectivity index (χ0v) is 14.6. The van der Waals surface area contributed by atoms with Crippen LogP contribution in [0.5, 0.6) is 0 Å².